The van der Waals surface area contributed by atoms with Crippen LogP contribution in [0.15, 0.2) is 40.5 Å². The molecular formula is C15H16N4OS. The molecule has 0 unspecified atom stereocenters. The molecule has 0 bridgehead atoms. The van der Waals surface area contributed by atoms with Crippen LogP contribution in [0.1, 0.15) is 4.88 Å². The van der Waals surface area contributed by atoms with Crippen molar-refractivity contribution in [1.29, 1.82) is 0 Å². The van der Waals surface area contributed by atoms with Crippen LogP contribution in [0.25, 0.3) is 10.9 Å². The monoisotopic (exact) mass is 300 g/mol. The number of H-pyrrole nitrogens is 1. The lowest BCUT2D eigenvalue weighted by atomic mass is 10.2. The Hall–Kier alpha value is -2.34. The summed E-state index contributed by atoms with van der Waals surface area (Å²) in [6.07, 6.45) is 0.928. The first kappa shape index (κ1) is 13.6. The summed E-state index contributed by atoms with van der Waals surface area (Å²) in [4.78, 5) is 22.7. The van der Waals surface area contributed by atoms with Crippen molar-refractivity contribution in [3.8, 4) is 0 Å². The number of likely N-dealkylation sites (N-methyl/N-ethyl adjacent to an activating group) is 1. The van der Waals surface area contributed by atoms with Crippen LogP contribution >= 0.6 is 11.3 Å². The zero-order valence-electron chi connectivity index (χ0n) is 11.7. The van der Waals surface area contributed by atoms with Crippen molar-refractivity contribution in [3.63, 3.8) is 0 Å². The predicted molar refractivity (Wildman–Crippen MR) is 88.1 cm³/mol. The van der Waals surface area contributed by atoms with E-state index in [0.29, 0.717) is 22.5 Å². The van der Waals surface area contributed by atoms with E-state index in [-0.39, 0.29) is 5.56 Å². The van der Waals surface area contributed by atoms with Gasteiger partial charge < -0.3 is 10.6 Å². The van der Waals surface area contributed by atoms with Crippen LogP contribution in [0.2, 0.25) is 0 Å². The van der Waals surface area contributed by atoms with Gasteiger partial charge in [-0.3, -0.25) is 9.78 Å². The average molecular weight is 300 g/mol. The molecule has 0 spiro atoms. The molecule has 21 heavy (non-hydrogen) atoms. The molecule has 0 aliphatic heterocycles. The van der Waals surface area contributed by atoms with Gasteiger partial charge in [0, 0.05) is 24.2 Å². The minimum Gasteiger partial charge on any atom is -0.399 e. The maximum atomic E-state index is 12.1. The Labute approximate surface area is 126 Å². The van der Waals surface area contributed by atoms with Crippen molar-refractivity contribution in [2.45, 2.75) is 6.42 Å². The minimum atomic E-state index is -0.162. The van der Waals surface area contributed by atoms with E-state index < -0.39 is 0 Å². The van der Waals surface area contributed by atoms with Gasteiger partial charge in [-0.25, -0.2) is 4.98 Å². The molecule has 3 N–H and O–H groups in total. The molecule has 2 heterocycles. The number of hydrogen-bond donors (Lipinski definition) is 2. The molecule has 0 radical (unpaired) electrons. The summed E-state index contributed by atoms with van der Waals surface area (Å²) in [5.74, 6) is 0.578. The quantitative estimate of drug-likeness (QED) is 0.725. The summed E-state index contributed by atoms with van der Waals surface area (Å²) in [7, 11) is 1.93. The number of hydrogen-bond acceptors (Lipinski definition) is 5. The zero-order chi connectivity index (χ0) is 14.8. The van der Waals surface area contributed by atoms with Crippen LogP contribution in [-0.2, 0) is 6.42 Å². The molecule has 1 aromatic carbocycles. The van der Waals surface area contributed by atoms with E-state index in [2.05, 4.69) is 21.4 Å². The Balaban J connectivity index is 1.86. The Morgan fingerprint density at radius 1 is 1.38 bits per heavy atom. The van der Waals surface area contributed by atoms with Gasteiger partial charge in [0.2, 0.25) is 5.95 Å². The van der Waals surface area contributed by atoms with E-state index >= 15 is 0 Å². The number of fused-ring (bicyclic) bond motifs is 1. The molecule has 2 aromatic heterocycles. The number of rotatable bonds is 4. The summed E-state index contributed by atoms with van der Waals surface area (Å²) in [5.41, 5.74) is 6.76. The number of anilines is 2. The van der Waals surface area contributed by atoms with E-state index in [4.69, 9.17) is 5.73 Å². The predicted octanol–water partition coefficient (Wildman–Crippen LogP) is 2.25. The van der Waals surface area contributed by atoms with Crippen molar-refractivity contribution < 1.29 is 0 Å². The van der Waals surface area contributed by atoms with Crippen LogP contribution in [0.5, 0.6) is 0 Å². The van der Waals surface area contributed by atoms with E-state index in [0.717, 1.165) is 13.0 Å². The second kappa shape index (κ2) is 5.57. The molecule has 0 saturated heterocycles. The van der Waals surface area contributed by atoms with E-state index in [1.54, 1.807) is 29.5 Å². The zero-order valence-corrected chi connectivity index (χ0v) is 12.5. The van der Waals surface area contributed by atoms with E-state index in [1.807, 2.05) is 18.0 Å². The van der Waals surface area contributed by atoms with Gasteiger partial charge in [0.1, 0.15) is 0 Å². The average Bonchev–Trinajstić information content (AvgIpc) is 2.98. The van der Waals surface area contributed by atoms with Crippen molar-refractivity contribution in [2.75, 3.05) is 24.2 Å². The summed E-state index contributed by atoms with van der Waals surface area (Å²) >= 11 is 1.73. The van der Waals surface area contributed by atoms with Crippen molar-refractivity contribution in [1.82, 2.24) is 9.97 Å². The van der Waals surface area contributed by atoms with Gasteiger partial charge in [0.25, 0.3) is 5.56 Å². The smallest absolute Gasteiger partial charge is 0.260 e. The van der Waals surface area contributed by atoms with Gasteiger partial charge in [-0.15, -0.1) is 11.3 Å². The number of aromatic nitrogens is 2. The molecule has 6 heteroatoms. The Morgan fingerprint density at radius 3 is 3.00 bits per heavy atom. The first-order valence-corrected chi connectivity index (χ1v) is 7.54. The molecule has 0 fully saturated rings. The third kappa shape index (κ3) is 2.90. The van der Waals surface area contributed by atoms with Gasteiger partial charge in [0.15, 0.2) is 0 Å². The highest BCUT2D eigenvalue weighted by atomic mass is 32.1. The Bertz CT molecular complexity index is 810. The largest absolute Gasteiger partial charge is 0.399 e. The highest BCUT2D eigenvalue weighted by molar-refractivity contribution is 7.09. The molecule has 3 aromatic rings. The lowest BCUT2D eigenvalue weighted by molar-refractivity contribution is 0.846. The van der Waals surface area contributed by atoms with Crippen LogP contribution in [0.3, 0.4) is 0 Å². The van der Waals surface area contributed by atoms with Gasteiger partial charge in [-0.2, -0.15) is 0 Å². The van der Waals surface area contributed by atoms with Crippen molar-refractivity contribution in [3.05, 3.63) is 50.9 Å². The summed E-state index contributed by atoms with van der Waals surface area (Å²) in [5, 5.41) is 2.58. The Morgan fingerprint density at radius 2 is 2.24 bits per heavy atom. The molecule has 108 valence electrons. The van der Waals surface area contributed by atoms with Gasteiger partial charge >= 0.3 is 0 Å². The third-order valence-corrected chi connectivity index (χ3v) is 4.29. The lowest BCUT2D eigenvalue weighted by Crippen LogP contribution is -2.25. The second-order valence-corrected chi connectivity index (χ2v) is 5.95. The van der Waals surface area contributed by atoms with Crippen LogP contribution < -0.4 is 16.2 Å². The normalized spacial score (nSPS) is 10.9. The van der Waals surface area contributed by atoms with Crippen LogP contribution in [0, 0.1) is 0 Å². The van der Waals surface area contributed by atoms with Crippen molar-refractivity contribution in [2.24, 2.45) is 0 Å². The number of nitrogens with two attached hydrogens (primary N) is 1. The van der Waals surface area contributed by atoms with Gasteiger partial charge in [-0.1, -0.05) is 6.07 Å². The van der Waals surface area contributed by atoms with E-state index in [1.165, 1.54) is 4.88 Å². The summed E-state index contributed by atoms with van der Waals surface area (Å²) in [6.45, 7) is 0.796. The van der Waals surface area contributed by atoms with Gasteiger partial charge in [-0.05, 0) is 36.1 Å². The minimum absolute atomic E-state index is 0.162. The topological polar surface area (TPSA) is 75.0 Å². The first-order chi connectivity index (χ1) is 10.1. The number of nitrogens with zero attached hydrogens (tertiary/aromatic N) is 2. The summed E-state index contributed by atoms with van der Waals surface area (Å²) < 4.78 is 0. The molecule has 0 saturated carbocycles. The van der Waals surface area contributed by atoms with Gasteiger partial charge in [0.05, 0.1) is 10.9 Å². The second-order valence-electron chi connectivity index (χ2n) is 4.92. The molecule has 0 amide bonds. The SMILES string of the molecule is CN(CCc1cccs1)c1nc2ccc(N)cc2c(=O)[nH]1. The van der Waals surface area contributed by atoms with E-state index in [9.17, 15) is 4.79 Å². The number of thiophene rings is 1. The third-order valence-electron chi connectivity index (χ3n) is 3.35. The molecule has 3 rings (SSSR count). The molecule has 0 aliphatic rings. The van der Waals surface area contributed by atoms with Crippen LogP contribution in [0.4, 0.5) is 11.6 Å². The maximum absolute atomic E-state index is 12.1. The molecule has 0 atom stereocenters. The highest BCUT2D eigenvalue weighted by Crippen LogP contribution is 2.15. The molecular weight excluding hydrogens is 284 g/mol. The number of nitrogen functional groups attached to an aromatic ring is 1. The fraction of sp³-hybridized carbons (Fsp3) is 0.200. The van der Waals surface area contributed by atoms with Crippen LogP contribution in [-0.4, -0.2) is 23.6 Å². The summed E-state index contributed by atoms with van der Waals surface area (Å²) in [6, 6.07) is 9.33. The number of benzene rings is 1. The molecule has 0 aliphatic carbocycles. The number of aromatic amines is 1. The molecule has 5 nitrogen and oxygen atoms in total. The standard InChI is InChI=1S/C15H16N4OS/c1-19(7-6-11-3-2-8-21-11)15-17-13-5-4-10(16)9-12(13)14(20)18-15/h2-5,8-9H,6-7,16H2,1H3,(H,17,18,20). The van der Waals surface area contributed by atoms with Crippen molar-refractivity contribution >= 4 is 33.9 Å². The fourth-order valence-corrected chi connectivity index (χ4v) is 2.86. The highest BCUT2D eigenvalue weighted by Gasteiger charge is 2.08. The Kier molecular flexibility index (Phi) is 3.62. The fourth-order valence-electron chi connectivity index (χ4n) is 2.16. The number of nitrogens with one attached hydrogen (secondary N) is 1. The first-order valence-electron chi connectivity index (χ1n) is 6.66. The lowest BCUT2D eigenvalue weighted by Gasteiger charge is -2.17. The maximum Gasteiger partial charge on any atom is 0.260 e.